The highest BCUT2D eigenvalue weighted by Gasteiger charge is 2.50. The van der Waals surface area contributed by atoms with Crippen LogP contribution in [0.1, 0.15) is 83.2 Å². The summed E-state index contributed by atoms with van der Waals surface area (Å²) < 4.78 is 26.7. The summed E-state index contributed by atoms with van der Waals surface area (Å²) in [6.45, 7) is 10.3. The molecule has 0 spiro atoms. The molecule has 8 nitrogen and oxygen atoms in total. The number of carbonyl (C=O) groups excluding carboxylic acids is 2. The molecule has 0 bridgehead atoms. The molecule has 216 valence electrons. The quantitative estimate of drug-likeness (QED) is 0.371. The maximum Gasteiger partial charge on any atom is 0.426 e. The van der Waals surface area contributed by atoms with Gasteiger partial charge >= 0.3 is 12.2 Å². The lowest BCUT2D eigenvalue weighted by molar-refractivity contribution is 0.0150. The number of nitriles is 1. The van der Waals surface area contributed by atoms with Crippen molar-refractivity contribution in [3.8, 4) is 6.07 Å². The predicted molar refractivity (Wildman–Crippen MR) is 157 cm³/mol. The van der Waals surface area contributed by atoms with Gasteiger partial charge in [-0.2, -0.15) is 10.2 Å². The van der Waals surface area contributed by atoms with E-state index in [1.165, 1.54) is 24.0 Å². The summed E-state index contributed by atoms with van der Waals surface area (Å²) >= 11 is 1.28. The van der Waals surface area contributed by atoms with E-state index >= 15 is 4.39 Å². The lowest BCUT2D eigenvalue weighted by atomic mass is 9.80. The van der Waals surface area contributed by atoms with Crippen molar-refractivity contribution in [3.05, 3.63) is 64.7 Å². The summed E-state index contributed by atoms with van der Waals surface area (Å²) in [5.41, 5.74) is -0.383. The molecule has 0 unspecified atom stereocenters. The van der Waals surface area contributed by atoms with Gasteiger partial charge in [-0.3, -0.25) is 4.98 Å². The molecule has 0 radical (unpaired) electrons. The summed E-state index contributed by atoms with van der Waals surface area (Å²) in [7, 11) is 0. The van der Waals surface area contributed by atoms with E-state index in [0.717, 1.165) is 23.3 Å². The Morgan fingerprint density at radius 1 is 1.10 bits per heavy atom. The van der Waals surface area contributed by atoms with E-state index in [2.05, 4.69) is 4.98 Å². The standard InChI is InChI=1S/C31H35FN4O4S/c1-29(2,3)39-27(37)36(28(38)40-30(4,5)6)26-35-31(15-7-8-22(31)19-41-26)24-16-20(11-14-25(24)32)9-12-23-13-10-21(17-33)18-34-23/h9-14,16,18,22H,7-8,15,19H2,1-6H3/b12-9+/t22-,31-/m0/s1. The molecular weight excluding hydrogens is 543 g/mol. The highest BCUT2D eigenvalue weighted by atomic mass is 32.2. The second-order valence-corrected chi connectivity index (χ2v) is 13.2. The molecule has 4 rings (SSSR count). The number of halogens is 1. The number of thioether (sulfide) groups is 1. The van der Waals surface area contributed by atoms with Crippen molar-refractivity contribution < 1.29 is 23.5 Å². The molecule has 2 heterocycles. The van der Waals surface area contributed by atoms with E-state index < -0.39 is 34.7 Å². The van der Waals surface area contributed by atoms with Crippen LogP contribution >= 0.6 is 11.8 Å². The Morgan fingerprint density at radius 3 is 2.37 bits per heavy atom. The zero-order valence-electron chi connectivity index (χ0n) is 24.2. The second kappa shape index (κ2) is 11.6. The van der Waals surface area contributed by atoms with Gasteiger partial charge in [0.05, 0.1) is 16.8 Å². The molecule has 10 heteroatoms. The van der Waals surface area contributed by atoms with E-state index in [9.17, 15) is 9.59 Å². The third-order valence-electron chi connectivity index (χ3n) is 6.66. The number of carbonyl (C=O) groups is 2. The van der Waals surface area contributed by atoms with Crippen molar-refractivity contribution in [2.24, 2.45) is 10.9 Å². The van der Waals surface area contributed by atoms with E-state index in [-0.39, 0.29) is 11.1 Å². The summed E-state index contributed by atoms with van der Waals surface area (Å²) in [6, 6.07) is 10.3. The fraction of sp³-hybridized carbons (Fsp3) is 0.452. The molecule has 1 fully saturated rings. The van der Waals surface area contributed by atoms with Gasteiger partial charge in [0.15, 0.2) is 5.17 Å². The van der Waals surface area contributed by atoms with Crippen molar-refractivity contribution in [1.82, 2.24) is 9.88 Å². The molecule has 1 aliphatic carbocycles. The molecule has 1 aromatic heterocycles. The van der Waals surface area contributed by atoms with Crippen LogP contribution in [0, 0.1) is 23.1 Å². The number of benzene rings is 1. The Morgan fingerprint density at radius 2 is 1.78 bits per heavy atom. The van der Waals surface area contributed by atoms with Crippen LogP contribution in [-0.2, 0) is 15.0 Å². The minimum atomic E-state index is -0.955. The van der Waals surface area contributed by atoms with Gasteiger partial charge in [0.2, 0.25) is 0 Å². The number of pyridine rings is 1. The smallest absolute Gasteiger partial charge is 0.426 e. The maximum absolute atomic E-state index is 15.6. The lowest BCUT2D eigenvalue weighted by Crippen LogP contribution is -2.49. The van der Waals surface area contributed by atoms with Crippen molar-refractivity contribution in [2.45, 2.75) is 77.5 Å². The number of imide groups is 1. The van der Waals surface area contributed by atoms with Crippen LogP contribution in [0.4, 0.5) is 14.0 Å². The number of fused-ring (bicyclic) bond motifs is 1. The third-order valence-corrected chi connectivity index (χ3v) is 7.76. The number of ether oxygens (including phenoxy) is 2. The van der Waals surface area contributed by atoms with Crippen LogP contribution in [0.2, 0.25) is 0 Å². The molecule has 0 N–H and O–H groups in total. The van der Waals surface area contributed by atoms with Crippen LogP contribution in [0.3, 0.4) is 0 Å². The first-order chi connectivity index (χ1) is 19.2. The second-order valence-electron chi connectivity index (χ2n) is 12.2. The number of hydrogen-bond acceptors (Lipinski definition) is 8. The summed E-state index contributed by atoms with van der Waals surface area (Å²) in [5.74, 6) is 0.168. The van der Waals surface area contributed by atoms with E-state index in [4.69, 9.17) is 19.7 Å². The number of aliphatic imine (C=N–C) groups is 1. The van der Waals surface area contributed by atoms with Gasteiger partial charge < -0.3 is 9.47 Å². The maximum atomic E-state index is 15.6. The number of hydrogen-bond donors (Lipinski definition) is 0. The zero-order valence-corrected chi connectivity index (χ0v) is 25.0. The average molecular weight is 579 g/mol. The fourth-order valence-electron chi connectivity index (χ4n) is 4.91. The first-order valence-electron chi connectivity index (χ1n) is 13.5. The van der Waals surface area contributed by atoms with E-state index in [1.54, 1.807) is 71.9 Å². The number of amidine groups is 1. The van der Waals surface area contributed by atoms with Gasteiger partial charge in [-0.25, -0.2) is 19.0 Å². The monoisotopic (exact) mass is 578 g/mol. The van der Waals surface area contributed by atoms with Crippen LogP contribution in [-0.4, -0.2) is 44.2 Å². The third kappa shape index (κ3) is 7.14. The molecule has 2 aliphatic rings. The largest absolute Gasteiger partial charge is 0.443 e. The fourth-order valence-corrected chi connectivity index (χ4v) is 6.21. The topological polar surface area (TPSA) is 105 Å². The summed E-state index contributed by atoms with van der Waals surface area (Å²) in [4.78, 5) is 36.7. The zero-order chi connectivity index (χ0) is 30.0. The van der Waals surface area contributed by atoms with Crippen molar-refractivity contribution in [2.75, 3.05) is 5.75 Å². The molecular formula is C31H35FN4O4S. The number of nitrogens with zero attached hydrogens (tertiary/aromatic N) is 4. The first-order valence-corrected chi connectivity index (χ1v) is 14.5. The Labute approximate surface area is 244 Å². The Kier molecular flexibility index (Phi) is 8.59. The van der Waals surface area contributed by atoms with E-state index in [1.807, 2.05) is 12.1 Å². The van der Waals surface area contributed by atoms with Crippen LogP contribution in [0.5, 0.6) is 0 Å². The summed E-state index contributed by atoms with van der Waals surface area (Å²) in [6.07, 6.45) is 5.57. The van der Waals surface area contributed by atoms with Crippen LogP contribution in [0.25, 0.3) is 12.2 Å². The van der Waals surface area contributed by atoms with Gasteiger partial charge in [0, 0.05) is 17.5 Å². The predicted octanol–water partition coefficient (Wildman–Crippen LogP) is 7.53. The van der Waals surface area contributed by atoms with Gasteiger partial charge in [-0.15, -0.1) is 0 Å². The Balaban J connectivity index is 1.75. The highest BCUT2D eigenvalue weighted by Crippen LogP contribution is 2.52. The lowest BCUT2D eigenvalue weighted by Gasteiger charge is -2.39. The molecule has 1 aliphatic heterocycles. The van der Waals surface area contributed by atoms with Crippen molar-refractivity contribution in [3.63, 3.8) is 0 Å². The first kappa shape index (κ1) is 30.3. The Hall–Kier alpha value is -3.71. The van der Waals surface area contributed by atoms with Crippen molar-refractivity contribution >= 4 is 41.3 Å². The molecule has 2 atom stereocenters. The SMILES string of the molecule is CC(C)(C)OC(=O)N(C(=O)OC(C)(C)C)C1=N[C@@]2(c3cc(/C=C/c4ccc(C#N)cn4)ccc3F)CCC[C@H]2CS1. The van der Waals surface area contributed by atoms with Gasteiger partial charge in [-0.05, 0) is 96.2 Å². The molecule has 2 amide bonds. The van der Waals surface area contributed by atoms with E-state index in [0.29, 0.717) is 29.0 Å². The summed E-state index contributed by atoms with van der Waals surface area (Å²) in [5, 5.41) is 9.13. The molecule has 1 aromatic carbocycles. The molecule has 0 saturated heterocycles. The normalized spacial score (nSPS) is 20.6. The molecule has 2 aromatic rings. The number of aromatic nitrogens is 1. The Bertz CT molecular complexity index is 1390. The number of rotatable bonds is 3. The average Bonchev–Trinajstić information content (AvgIpc) is 3.31. The van der Waals surface area contributed by atoms with Crippen LogP contribution < -0.4 is 0 Å². The molecule has 41 heavy (non-hydrogen) atoms. The van der Waals surface area contributed by atoms with Gasteiger partial charge in [0.1, 0.15) is 23.1 Å². The van der Waals surface area contributed by atoms with Gasteiger partial charge in [-0.1, -0.05) is 30.3 Å². The van der Waals surface area contributed by atoms with Crippen LogP contribution in [0.15, 0.2) is 41.5 Å². The van der Waals surface area contributed by atoms with Gasteiger partial charge in [0.25, 0.3) is 0 Å². The minimum absolute atomic E-state index is 0.0179. The number of amides is 2. The minimum Gasteiger partial charge on any atom is -0.443 e. The molecule has 1 saturated carbocycles. The highest BCUT2D eigenvalue weighted by molar-refractivity contribution is 8.13. The van der Waals surface area contributed by atoms with Crippen molar-refractivity contribution in [1.29, 1.82) is 5.26 Å².